The smallest absolute Gasteiger partial charge is 0.370 e. The molecule has 0 N–H and O–H groups in total. The highest BCUT2D eigenvalue weighted by atomic mass is 19.4. The molecule has 2 rings (SSSR count). The van der Waals surface area contributed by atoms with Crippen molar-refractivity contribution < 1.29 is 48.3 Å². The Morgan fingerprint density at radius 3 is 1.33 bits per heavy atom. The first-order valence-corrected chi connectivity index (χ1v) is 6.60. The molecule has 1 fully saturated rings. The molecule has 2 aliphatic carbocycles. The van der Waals surface area contributed by atoms with Gasteiger partial charge in [0.1, 0.15) is 0 Å². The van der Waals surface area contributed by atoms with Crippen LogP contribution in [0.15, 0.2) is 11.3 Å². The van der Waals surface area contributed by atoms with Gasteiger partial charge in [-0.1, -0.05) is 0 Å². The van der Waals surface area contributed by atoms with E-state index in [4.69, 9.17) is 0 Å². The molecule has 0 aliphatic heterocycles. The summed E-state index contributed by atoms with van der Waals surface area (Å²) in [5.41, 5.74) is -11.0. The van der Waals surface area contributed by atoms with Crippen LogP contribution in [0, 0.1) is 0 Å². The van der Waals surface area contributed by atoms with Crippen LogP contribution in [-0.2, 0) is 0 Å². The van der Waals surface area contributed by atoms with Crippen LogP contribution >= 0.6 is 0 Å². The summed E-state index contributed by atoms with van der Waals surface area (Å²) in [6, 6.07) is 0. The Hall–Kier alpha value is -1.23. The highest BCUT2D eigenvalue weighted by Crippen LogP contribution is 2.76. The van der Waals surface area contributed by atoms with Gasteiger partial charge >= 0.3 is 29.6 Å². The fourth-order valence-electron chi connectivity index (χ4n) is 2.90. The van der Waals surface area contributed by atoms with Crippen molar-refractivity contribution in [2.45, 2.75) is 49.1 Å². The number of nitrogens with zero attached hydrogens (tertiary/aromatic N) is 1. The standard InChI is InChI=1S/C12H10F11N/c1-3-24(4-2)6-5(8(14,15)9(6,16)17)7(13)10(18,19)12(22,23)11(7,20)21/h3-4H2,1-2H3. The van der Waals surface area contributed by atoms with E-state index < -0.39 is 59.6 Å². The summed E-state index contributed by atoms with van der Waals surface area (Å²) >= 11 is 0. The van der Waals surface area contributed by atoms with Gasteiger partial charge in [0.15, 0.2) is 0 Å². The molecule has 0 radical (unpaired) electrons. The maximum atomic E-state index is 14.2. The highest BCUT2D eigenvalue weighted by molar-refractivity contribution is 5.55. The lowest BCUT2D eigenvalue weighted by Crippen LogP contribution is -2.88. The number of rotatable bonds is 4. The van der Waals surface area contributed by atoms with Gasteiger partial charge in [0.25, 0.3) is 5.67 Å². The lowest BCUT2D eigenvalue weighted by atomic mass is 9.59. The number of alkyl halides is 11. The molecule has 1 nitrogen and oxygen atoms in total. The average molecular weight is 377 g/mol. The maximum absolute atomic E-state index is 14.2. The number of allylic oxidation sites excluding steroid dienone is 2. The van der Waals surface area contributed by atoms with E-state index in [2.05, 4.69) is 0 Å². The summed E-state index contributed by atoms with van der Waals surface area (Å²) in [5.74, 6) is -29.9. The van der Waals surface area contributed by atoms with Crippen molar-refractivity contribution in [1.82, 2.24) is 4.90 Å². The van der Waals surface area contributed by atoms with Gasteiger partial charge in [-0.2, -0.15) is 43.9 Å². The average Bonchev–Trinajstić information content (AvgIpc) is 2.45. The Morgan fingerprint density at radius 1 is 0.625 bits per heavy atom. The summed E-state index contributed by atoms with van der Waals surface area (Å²) in [4.78, 5) is 0.247. The normalized spacial score (nSPS) is 30.4. The second-order valence-corrected chi connectivity index (χ2v) is 5.43. The van der Waals surface area contributed by atoms with E-state index in [1.165, 1.54) is 0 Å². The molecule has 0 bridgehead atoms. The Balaban J connectivity index is 2.79. The lowest BCUT2D eigenvalue weighted by Gasteiger charge is -2.59. The van der Waals surface area contributed by atoms with Gasteiger partial charge < -0.3 is 4.90 Å². The molecule has 0 saturated heterocycles. The third-order valence-corrected chi connectivity index (χ3v) is 4.32. The molecule has 0 amide bonds. The van der Waals surface area contributed by atoms with Crippen molar-refractivity contribution in [3.8, 4) is 0 Å². The topological polar surface area (TPSA) is 3.24 Å². The molecule has 1 saturated carbocycles. The van der Waals surface area contributed by atoms with Crippen LogP contribution < -0.4 is 0 Å². The number of hydrogen-bond donors (Lipinski definition) is 0. The van der Waals surface area contributed by atoms with Gasteiger partial charge in [0, 0.05) is 13.1 Å². The molecular formula is C12H10F11N. The Kier molecular flexibility index (Phi) is 3.57. The van der Waals surface area contributed by atoms with Crippen LogP contribution in [0.2, 0.25) is 0 Å². The molecular weight excluding hydrogens is 367 g/mol. The van der Waals surface area contributed by atoms with E-state index in [9.17, 15) is 48.3 Å². The van der Waals surface area contributed by atoms with Crippen LogP contribution in [0.25, 0.3) is 0 Å². The van der Waals surface area contributed by atoms with E-state index >= 15 is 0 Å². The third-order valence-electron chi connectivity index (χ3n) is 4.32. The Labute approximate surface area is 128 Å². The first-order valence-electron chi connectivity index (χ1n) is 6.60. The summed E-state index contributed by atoms with van der Waals surface area (Å²) in [7, 11) is 0. The first-order chi connectivity index (χ1) is 10.5. The summed E-state index contributed by atoms with van der Waals surface area (Å²) in [6.45, 7) is 1.06. The Bertz CT molecular complexity index is 570. The molecule has 24 heavy (non-hydrogen) atoms. The fraction of sp³-hybridized carbons (Fsp3) is 0.833. The van der Waals surface area contributed by atoms with Crippen LogP contribution in [0.4, 0.5) is 48.3 Å². The molecule has 0 aromatic heterocycles. The third kappa shape index (κ3) is 1.49. The van der Waals surface area contributed by atoms with Gasteiger partial charge in [-0.25, -0.2) is 4.39 Å². The molecule has 140 valence electrons. The molecule has 0 heterocycles. The molecule has 0 unspecified atom stereocenters. The monoisotopic (exact) mass is 377 g/mol. The quantitative estimate of drug-likeness (QED) is 0.653. The van der Waals surface area contributed by atoms with Crippen molar-refractivity contribution >= 4 is 0 Å². The van der Waals surface area contributed by atoms with Crippen molar-refractivity contribution in [2.75, 3.05) is 13.1 Å². The molecule has 0 spiro atoms. The molecule has 0 aromatic carbocycles. The van der Waals surface area contributed by atoms with Crippen LogP contribution in [0.1, 0.15) is 13.8 Å². The van der Waals surface area contributed by atoms with Crippen LogP contribution in [0.3, 0.4) is 0 Å². The van der Waals surface area contributed by atoms with Crippen molar-refractivity contribution in [2.24, 2.45) is 0 Å². The zero-order chi connectivity index (χ0) is 19.1. The van der Waals surface area contributed by atoms with E-state index in [-0.39, 0.29) is 4.90 Å². The highest BCUT2D eigenvalue weighted by Gasteiger charge is 3.04. The van der Waals surface area contributed by atoms with Crippen LogP contribution in [0.5, 0.6) is 0 Å². The molecule has 12 heteroatoms. The first kappa shape index (κ1) is 19.1. The molecule has 0 atom stereocenters. The van der Waals surface area contributed by atoms with E-state index in [0.29, 0.717) is 0 Å². The predicted molar refractivity (Wildman–Crippen MR) is 58.5 cm³/mol. The van der Waals surface area contributed by atoms with Gasteiger partial charge in [0.05, 0.1) is 11.3 Å². The summed E-state index contributed by atoms with van der Waals surface area (Å²) in [5, 5.41) is 0. The zero-order valence-corrected chi connectivity index (χ0v) is 12.0. The number of hydrogen-bond acceptors (Lipinski definition) is 1. The van der Waals surface area contributed by atoms with Gasteiger partial charge in [-0.3, -0.25) is 0 Å². The van der Waals surface area contributed by atoms with Crippen molar-refractivity contribution in [1.29, 1.82) is 0 Å². The predicted octanol–water partition coefficient (Wildman–Crippen LogP) is 4.49. The second-order valence-electron chi connectivity index (χ2n) is 5.43. The minimum atomic E-state index is -6.29. The van der Waals surface area contributed by atoms with Crippen LogP contribution in [-0.4, -0.2) is 53.3 Å². The van der Waals surface area contributed by atoms with Gasteiger partial charge in [0.2, 0.25) is 0 Å². The Morgan fingerprint density at radius 2 is 1.00 bits per heavy atom. The summed E-state index contributed by atoms with van der Waals surface area (Å²) < 4.78 is 147. The molecule has 2 aliphatic rings. The zero-order valence-electron chi connectivity index (χ0n) is 12.0. The van der Waals surface area contributed by atoms with Gasteiger partial charge in [-0.15, -0.1) is 0 Å². The SMILES string of the molecule is CCN(CC)C1=C(C2(F)C(F)(F)C(F)(F)C2(F)F)C(F)(F)C1(F)F. The van der Waals surface area contributed by atoms with Crippen molar-refractivity contribution in [3.05, 3.63) is 11.3 Å². The van der Waals surface area contributed by atoms with E-state index in [0.717, 1.165) is 13.8 Å². The maximum Gasteiger partial charge on any atom is 0.379 e. The lowest BCUT2D eigenvalue weighted by molar-refractivity contribution is -0.469. The van der Waals surface area contributed by atoms with Crippen molar-refractivity contribution in [3.63, 3.8) is 0 Å². The van der Waals surface area contributed by atoms with E-state index in [1.807, 2.05) is 0 Å². The van der Waals surface area contributed by atoms with E-state index in [1.54, 1.807) is 0 Å². The molecule has 0 aromatic rings. The summed E-state index contributed by atoms with van der Waals surface area (Å²) in [6.07, 6.45) is 0. The fourth-order valence-corrected chi connectivity index (χ4v) is 2.90. The largest absolute Gasteiger partial charge is 0.379 e. The van der Waals surface area contributed by atoms with Gasteiger partial charge in [-0.05, 0) is 13.8 Å². The second kappa shape index (κ2) is 4.48. The minimum Gasteiger partial charge on any atom is -0.370 e. The number of halogens is 11. The minimum absolute atomic E-state index is 0.247.